The van der Waals surface area contributed by atoms with Crippen LogP contribution in [0.3, 0.4) is 0 Å². The van der Waals surface area contributed by atoms with E-state index in [1.165, 1.54) is 54.6 Å². The quantitative estimate of drug-likeness (QED) is 0.127. The number of aromatic nitrogens is 1. The summed E-state index contributed by atoms with van der Waals surface area (Å²) in [5.74, 6) is 0. The van der Waals surface area contributed by atoms with Crippen molar-refractivity contribution in [2.24, 2.45) is 0 Å². The van der Waals surface area contributed by atoms with Gasteiger partial charge in [-0.25, -0.2) is 4.85 Å². The highest BCUT2D eigenvalue weighted by molar-refractivity contribution is 6.21. The molecule has 246 valence electrons. The van der Waals surface area contributed by atoms with Crippen LogP contribution < -0.4 is 0 Å². The maximum absolute atomic E-state index is 8.10. The van der Waals surface area contributed by atoms with Crippen molar-refractivity contribution in [2.45, 2.75) is 0 Å². The first-order chi connectivity index (χ1) is 26.3. The van der Waals surface area contributed by atoms with Crippen LogP contribution in [-0.4, -0.2) is 4.57 Å². The second kappa shape index (κ2) is 12.5. The first kappa shape index (κ1) is 30.6. The summed E-state index contributed by atoms with van der Waals surface area (Å²) in [6.45, 7) is 8.10. The lowest BCUT2D eigenvalue weighted by Crippen LogP contribution is -1.94. The molecule has 0 spiro atoms. The fraction of sp³-hybridized carbons (Fsp3) is 0. The zero-order valence-electron chi connectivity index (χ0n) is 28.9. The van der Waals surface area contributed by atoms with Crippen LogP contribution in [0.5, 0.6) is 0 Å². The highest BCUT2D eigenvalue weighted by Gasteiger charge is 2.18. The summed E-state index contributed by atoms with van der Waals surface area (Å²) in [7, 11) is 0. The fourth-order valence-electron chi connectivity index (χ4n) is 8.27. The minimum Gasteiger partial charge on any atom is -0.309 e. The second-order valence-corrected chi connectivity index (χ2v) is 13.6. The molecule has 0 atom stereocenters. The third-order valence-electron chi connectivity index (χ3n) is 10.6. The van der Waals surface area contributed by atoms with Gasteiger partial charge in [0.1, 0.15) is 0 Å². The molecule has 0 amide bonds. The van der Waals surface area contributed by atoms with Crippen LogP contribution in [-0.2, 0) is 0 Å². The highest BCUT2D eigenvalue weighted by Crippen LogP contribution is 2.44. The largest absolute Gasteiger partial charge is 0.309 e. The number of nitrogens with zero attached hydrogens (tertiary/aromatic N) is 2. The third-order valence-corrected chi connectivity index (χ3v) is 10.6. The average Bonchev–Trinajstić information content (AvgIpc) is 3.57. The van der Waals surface area contributed by atoms with Crippen LogP contribution in [0.15, 0.2) is 194 Å². The predicted molar refractivity (Wildman–Crippen MR) is 224 cm³/mol. The van der Waals surface area contributed by atoms with E-state index in [9.17, 15) is 0 Å². The van der Waals surface area contributed by atoms with Gasteiger partial charge in [-0.1, -0.05) is 158 Å². The second-order valence-electron chi connectivity index (χ2n) is 13.6. The molecule has 9 aromatic carbocycles. The molecule has 2 heteroatoms. The minimum atomic E-state index is 0.636. The Bertz CT molecular complexity index is 2960. The standard InChI is InChI=1S/C51H32N2/c1-52-47-30-29-39(53-48-27-11-9-21-40(48)41-22-10-12-28-49(41)53)33-46(47)37-19-13-17-35(31-37)36-18-14-20-38(32-36)51-44-25-7-5-23-42(44)50(34-15-3-2-4-16-34)43-24-6-8-26-45(43)51/h2-33H. The van der Waals surface area contributed by atoms with Gasteiger partial charge in [-0.05, 0) is 102 Å². The van der Waals surface area contributed by atoms with E-state index in [2.05, 4.69) is 197 Å². The van der Waals surface area contributed by atoms with Gasteiger partial charge in [0.2, 0.25) is 0 Å². The van der Waals surface area contributed by atoms with Crippen LogP contribution in [0.25, 0.3) is 98.4 Å². The topological polar surface area (TPSA) is 9.29 Å². The summed E-state index contributed by atoms with van der Waals surface area (Å²) in [5, 5.41) is 7.40. The van der Waals surface area contributed by atoms with Gasteiger partial charge in [0.15, 0.2) is 5.69 Å². The fourth-order valence-corrected chi connectivity index (χ4v) is 8.27. The van der Waals surface area contributed by atoms with E-state index in [4.69, 9.17) is 6.57 Å². The molecule has 53 heavy (non-hydrogen) atoms. The predicted octanol–water partition coefficient (Wildman–Crippen LogP) is 14.3. The highest BCUT2D eigenvalue weighted by atomic mass is 15.0. The Morgan fingerprint density at radius 1 is 0.340 bits per heavy atom. The van der Waals surface area contributed by atoms with E-state index >= 15 is 0 Å². The normalized spacial score (nSPS) is 11.4. The molecular weight excluding hydrogens is 641 g/mol. The van der Waals surface area contributed by atoms with Crippen LogP contribution in [0.2, 0.25) is 0 Å². The van der Waals surface area contributed by atoms with E-state index in [0.717, 1.165) is 39.0 Å². The van der Waals surface area contributed by atoms with Crippen molar-refractivity contribution >= 4 is 49.0 Å². The zero-order valence-corrected chi connectivity index (χ0v) is 28.9. The van der Waals surface area contributed by atoms with Crippen molar-refractivity contribution in [3.05, 3.63) is 206 Å². The van der Waals surface area contributed by atoms with Crippen molar-refractivity contribution in [1.82, 2.24) is 4.57 Å². The maximum atomic E-state index is 8.10. The van der Waals surface area contributed by atoms with Crippen molar-refractivity contribution in [2.75, 3.05) is 0 Å². The molecule has 0 aliphatic rings. The Hall–Kier alpha value is -7.21. The number of benzene rings is 9. The Balaban J connectivity index is 1.12. The van der Waals surface area contributed by atoms with E-state index in [1.54, 1.807) is 0 Å². The molecule has 1 aromatic heterocycles. The number of hydrogen-bond donors (Lipinski definition) is 0. The lowest BCUT2D eigenvalue weighted by molar-refractivity contribution is 1.18. The maximum Gasteiger partial charge on any atom is 0.195 e. The Morgan fingerprint density at radius 3 is 1.34 bits per heavy atom. The molecule has 0 aliphatic carbocycles. The summed E-state index contributed by atoms with van der Waals surface area (Å²) in [6, 6.07) is 69.2. The Labute approximate surface area is 308 Å². The van der Waals surface area contributed by atoms with Gasteiger partial charge in [0.25, 0.3) is 0 Å². The molecule has 0 N–H and O–H groups in total. The van der Waals surface area contributed by atoms with Crippen LogP contribution >= 0.6 is 0 Å². The molecule has 0 radical (unpaired) electrons. The molecule has 0 fully saturated rings. The lowest BCUT2D eigenvalue weighted by Gasteiger charge is -2.18. The van der Waals surface area contributed by atoms with Gasteiger partial charge in [-0.2, -0.15) is 0 Å². The number of para-hydroxylation sites is 2. The molecule has 2 nitrogen and oxygen atoms in total. The van der Waals surface area contributed by atoms with Crippen molar-refractivity contribution in [3.63, 3.8) is 0 Å². The third kappa shape index (κ3) is 5.02. The molecule has 0 saturated heterocycles. The molecule has 10 rings (SSSR count). The van der Waals surface area contributed by atoms with Crippen LogP contribution in [0, 0.1) is 6.57 Å². The Kier molecular flexibility index (Phi) is 7.23. The molecule has 0 bridgehead atoms. The first-order valence-electron chi connectivity index (χ1n) is 18.0. The van der Waals surface area contributed by atoms with Crippen molar-refractivity contribution in [1.29, 1.82) is 0 Å². The summed E-state index contributed by atoms with van der Waals surface area (Å²) < 4.78 is 2.31. The van der Waals surface area contributed by atoms with Gasteiger partial charge < -0.3 is 4.57 Å². The Morgan fingerprint density at radius 2 is 0.774 bits per heavy atom. The molecular formula is C51H32N2. The SMILES string of the molecule is [C-]#[N+]c1ccc(-n2c3ccccc3c3ccccc32)cc1-c1cccc(-c2cccc(-c3c4ccccc4c(-c4ccccc4)c4ccccc34)c2)c1. The first-order valence-corrected chi connectivity index (χ1v) is 18.0. The molecule has 0 saturated carbocycles. The minimum absolute atomic E-state index is 0.636. The van der Waals surface area contributed by atoms with E-state index in [-0.39, 0.29) is 0 Å². The van der Waals surface area contributed by atoms with Gasteiger partial charge in [-0.15, -0.1) is 0 Å². The molecule has 10 aromatic rings. The molecule has 0 aliphatic heterocycles. The summed E-state index contributed by atoms with van der Waals surface area (Å²) in [5.41, 5.74) is 13.1. The van der Waals surface area contributed by atoms with E-state index in [1.807, 2.05) is 6.07 Å². The summed E-state index contributed by atoms with van der Waals surface area (Å²) >= 11 is 0. The van der Waals surface area contributed by atoms with Crippen LogP contribution in [0.1, 0.15) is 0 Å². The number of fused-ring (bicyclic) bond motifs is 5. The summed E-state index contributed by atoms with van der Waals surface area (Å²) in [4.78, 5) is 3.98. The van der Waals surface area contributed by atoms with E-state index in [0.29, 0.717) is 5.69 Å². The summed E-state index contributed by atoms with van der Waals surface area (Å²) in [6.07, 6.45) is 0. The monoisotopic (exact) mass is 672 g/mol. The molecule has 0 unspecified atom stereocenters. The average molecular weight is 673 g/mol. The zero-order chi connectivity index (χ0) is 35.3. The number of hydrogen-bond acceptors (Lipinski definition) is 0. The smallest absolute Gasteiger partial charge is 0.195 e. The van der Waals surface area contributed by atoms with E-state index < -0.39 is 0 Å². The van der Waals surface area contributed by atoms with Gasteiger partial charge in [0.05, 0.1) is 17.6 Å². The van der Waals surface area contributed by atoms with Gasteiger partial charge in [-0.3, -0.25) is 0 Å². The van der Waals surface area contributed by atoms with Gasteiger partial charge >= 0.3 is 0 Å². The van der Waals surface area contributed by atoms with Crippen LogP contribution in [0.4, 0.5) is 5.69 Å². The number of rotatable bonds is 5. The molecule has 1 heterocycles. The van der Waals surface area contributed by atoms with Gasteiger partial charge in [0, 0.05) is 16.5 Å². The van der Waals surface area contributed by atoms with Crippen molar-refractivity contribution < 1.29 is 0 Å². The van der Waals surface area contributed by atoms with Crippen molar-refractivity contribution in [3.8, 4) is 50.2 Å². The lowest BCUT2D eigenvalue weighted by atomic mass is 9.85.